The van der Waals surface area contributed by atoms with Crippen molar-refractivity contribution in [3.8, 4) is 0 Å². The Morgan fingerprint density at radius 3 is 2.92 bits per heavy atom. The number of methoxy groups -OCH3 is 1. The summed E-state index contributed by atoms with van der Waals surface area (Å²) in [7, 11) is 3.35. The Morgan fingerprint density at radius 2 is 2.24 bits per heavy atom. The van der Waals surface area contributed by atoms with Crippen LogP contribution in [-0.2, 0) is 18.4 Å². The molecule has 1 saturated heterocycles. The zero-order valence-electron chi connectivity index (χ0n) is 14.7. The van der Waals surface area contributed by atoms with Crippen molar-refractivity contribution < 1.29 is 18.8 Å². The van der Waals surface area contributed by atoms with Crippen LogP contribution in [0.4, 0.5) is 0 Å². The van der Waals surface area contributed by atoms with Gasteiger partial charge >= 0.3 is 0 Å². The summed E-state index contributed by atoms with van der Waals surface area (Å²) in [5.41, 5.74) is 0.925. The Hall–Kier alpha value is -2.48. The number of Topliss-reactive ketones (excluding diaryl/α,β-unsaturated/α-hetero) is 1. The first-order valence-electron chi connectivity index (χ1n) is 8.27. The van der Waals surface area contributed by atoms with Gasteiger partial charge in [-0.2, -0.15) is 0 Å². The van der Waals surface area contributed by atoms with Crippen LogP contribution in [0.3, 0.4) is 0 Å². The molecule has 25 heavy (non-hydrogen) atoms. The molecule has 1 aliphatic heterocycles. The molecule has 1 unspecified atom stereocenters. The van der Waals surface area contributed by atoms with E-state index in [0.29, 0.717) is 30.2 Å². The molecule has 3 heterocycles. The molecule has 0 bridgehead atoms. The molecule has 0 spiro atoms. The Kier molecular flexibility index (Phi) is 4.98. The maximum absolute atomic E-state index is 12.8. The first-order valence-corrected chi connectivity index (χ1v) is 8.27. The lowest BCUT2D eigenvalue weighted by molar-refractivity contribution is 0.0621. The average Bonchev–Trinajstić information content (AvgIpc) is 3.20. The molecule has 134 valence electrons. The number of nitrogens with zero attached hydrogens (tertiary/aromatic N) is 4. The maximum atomic E-state index is 12.8. The number of imidazole rings is 1. The molecule has 1 atom stereocenters. The first kappa shape index (κ1) is 17.3. The summed E-state index contributed by atoms with van der Waals surface area (Å²) in [6, 6.07) is 0. The van der Waals surface area contributed by atoms with Gasteiger partial charge in [0.1, 0.15) is 5.76 Å². The van der Waals surface area contributed by atoms with Crippen molar-refractivity contribution in [2.75, 3.05) is 20.2 Å². The highest BCUT2D eigenvalue weighted by molar-refractivity contribution is 5.97. The second-order valence-corrected chi connectivity index (χ2v) is 6.32. The minimum absolute atomic E-state index is 0.0292. The van der Waals surface area contributed by atoms with E-state index in [4.69, 9.17) is 9.26 Å². The van der Waals surface area contributed by atoms with Gasteiger partial charge in [0.2, 0.25) is 5.78 Å². The van der Waals surface area contributed by atoms with Gasteiger partial charge in [0.25, 0.3) is 5.91 Å². The lowest BCUT2D eigenvalue weighted by Crippen LogP contribution is -2.43. The topological polar surface area (TPSA) is 90.5 Å². The monoisotopic (exact) mass is 346 g/mol. The summed E-state index contributed by atoms with van der Waals surface area (Å²) in [5, 5.41) is 3.90. The van der Waals surface area contributed by atoms with Crippen molar-refractivity contribution in [2.24, 2.45) is 13.0 Å². The third-order valence-corrected chi connectivity index (χ3v) is 4.60. The molecule has 0 aromatic carbocycles. The number of hydrogen-bond acceptors (Lipinski definition) is 6. The van der Waals surface area contributed by atoms with E-state index in [1.54, 1.807) is 42.9 Å². The second-order valence-electron chi connectivity index (χ2n) is 6.32. The number of amides is 1. The van der Waals surface area contributed by atoms with E-state index < -0.39 is 0 Å². The van der Waals surface area contributed by atoms with Crippen LogP contribution < -0.4 is 0 Å². The minimum Gasteiger partial charge on any atom is -0.380 e. The van der Waals surface area contributed by atoms with Gasteiger partial charge < -0.3 is 18.7 Å². The fourth-order valence-electron chi connectivity index (χ4n) is 3.18. The molecule has 8 nitrogen and oxygen atoms in total. The number of aromatic nitrogens is 3. The van der Waals surface area contributed by atoms with Gasteiger partial charge in [0.05, 0.1) is 12.2 Å². The van der Waals surface area contributed by atoms with Gasteiger partial charge in [-0.15, -0.1) is 0 Å². The first-order chi connectivity index (χ1) is 12.0. The Bertz CT molecular complexity index is 779. The second kappa shape index (κ2) is 7.18. The number of ether oxygens (including phenoxy) is 1. The molecule has 0 radical (unpaired) electrons. The van der Waals surface area contributed by atoms with Crippen LogP contribution in [-0.4, -0.2) is 51.5 Å². The number of aryl methyl sites for hydroxylation is 2. The van der Waals surface area contributed by atoms with Crippen LogP contribution in [0.2, 0.25) is 0 Å². The molecule has 1 amide bonds. The molecule has 8 heteroatoms. The van der Waals surface area contributed by atoms with E-state index >= 15 is 0 Å². The standard InChI is InChI=1S/C17H22N4O4/c1-11-13(10-24-3)14(19-25-11)17(23)21-7-4-5-12(9-21)15(22)16-18-6-8-20(16)2/h6,8,12H,4-5,7,9-10H2,1-3H3. The van der Waals surface area contributed by atoms with Crippen LogP contribution >= 0.6 is 0 Å². The van der Waals surface area contributed by atoms with Gasteiger partial charge in [-0.05, 0) is 19.8 Å². The van der Waals surface area contributed by atoms with Gasteiger partial charge in [0, 0.05) is 45.6 Å². The highest BCUT2D eigenvalue weighted by atomic mass is 16.5. The number of carbonyl (C=O) groups is 2. The zero-order chi connectivity index (χ0) is 18.0. The Morgan fingerprint density at radius 1 is 1.44 bits per heavy atom. The molecular weight excluding hydrogens is 324 g/mol. The SMILES string of the molecule is COCc1c(C(=O)N2CCCC(C(=O)c3nccn3C)C2)noc1C. The van der Waals surface area contributed by atoms with E-state index in [1.807, 2.05) is 0 Å². The minimum atomic E-state index is -0.252. The summed E-state index contributed by atoms with van der Waals surface area (Å²) in [6.45, 7) is 2.98. The lowest BCUT2D eigenvalue weighted by Gasteiger charge is -2.31. The summed E-state index contributed by atoms with van der Waals surface area (Å²) in [4.78, 5) is 31.3. The van der Waals surface area contributed by atoms with E-state index in [9.17, 15) is 9.59 Å². The number of hydrogen-bond donors (Lipinski definition) is 0. The van der Waals surface area contributed by atoms with Crippen LogP contribution in [0.1, 0.15) is 45.3 Å². The predicted molar refractivity (Wildman–Crippen MR) is 88.1 cm³/mol. The Labute approximate surface area is 145 Å². The molecule has 0 N–H and O–H groups in total. The van der Waals surface area contributed by atoms with Crippen molar-refractivity contribution in [3.63, 3.8) is 0 Å². The number of rotatable bonds is 5. The van der Waals surface area contributed by atoms with E-state index in [-0.39, 0.29) is 29.9 Å². The zero-order valence-corrected chi connectivity index (χ0v) is 14.7. The third-order valence-electron chi connectivity index (χ3n) is 4.60. The third kappa shape index (κ3) is 3.34. The fraction of sp³-hybridized carbons (Fsp3) is 0.529. The quantitative estimate of drug-likeness (QED) is 0.764. The number of likely N-dealkylation sites (tertiary alicyclic amines) is 1. The molecular formula is C17H22N4O4. The van der Waals surface area contributed by atoms with Crippen molar-refractivity contribution >= 4 is 11.7 Å². The average molecular weight is 346 g/mol. The summed E-state index contributed by atoms with van der Waals surface area (Å²) in [6.07, 6.45) is 4.86. The van der Waals surface area contributed by atoms with Crippen molar-refractivity contribution in [1.29, 1.82) is 0 Å². The van der Waals surface area contributed by atoms with Crippen molar-refractivity contribution in [2.45, 2.75) is 26.4 Å². The van der Waals surface area contributed by atoms with Crippen molar-refractivity contribution in [1.82, 2.24) is 19.6 Å². The number of carbonyl (C=O) groups excluding carboxylic acids is 2. The lowest BCUT2D eigenvalue weighted by atomic mass is 9.93. The molecule has 3 rings (SSSR count). The molecule has 2 aromatic heterocycles. The van der Waals surface area contributed by atoms with Gasteiger partial charge in [-0.1, -0.05) is 5.16 Å². The fourth-order valence-corrected chi connectivity index (χ4v) is 3.18. The summed E-state index contributed by atoms with van der Waals surface area (Å²) >= 11 is 0. The maximum Gasteiger partial charge on any atom is 0.276 e. The highest BCUT2D eigenvalue weighted by Gasteiger charge is 2.33. The molecule has 0 aliphatic carbocycles. The van der Waals surface area contributed by atoms with E-state index in [2.05, 4.69) is 10.1 Å². The van der Waals surface area contributed by atoms with Crippen molar-refractivity contribution in [3.05, 3.63) is 35.2 Å². The van der Waals surface area contributed by atoms with Crippen LogP contribution in [0.5, 0.6) is 0 Å². The molecule has 0 saturated carbocycles. The largest absolute Gasteiger partial charge is 0.380 e. The van der Waals surface area contributed by atoms with Gasteiger partial charge in [-0.3, -0.25) is 9.59 Å². The molecule has 2 aromatic rings. The van der Waals surface area contributed by atoms with Crippen LogP contribution in [0, 0.1) is 12.8 Å². The summed E-state index contributed by atoms with van der Waals surface area (Å²) in [5.74, 6) is 0.497. The highest BCUT2D eigenvalue weighted by Crippen LogP contribution is 2.23. The molecule has 1 aliphatic rings. The van der Waals surface area contributed by atoms with Gasteiger partial charge in [0.15, 0.2) is 11.5 Å². The number of ketones is 1. The van der Waals surface area contributed by atoms with E-state index in [1.165, 1.54) is 0 Å². The van der Waals surface area contributed by atoms with Gasteiger partial charge in [-0.25, -0.2) is 4.98 Å². The normalized spacial score (nSPS) is 17.7. The summed E-state index contributed by atoms with van der Waals surface area (Å²) < 4.78 is 12.0. The predicted octanol–water partition coefficient (Wildman–Crippen LogP) is 1.60. The van der Waals surface area contributed by atoms with E-state index in [0.717, 1.165) is 12.8 Å². The number of piperidine rings is 1. The van der Waals surface area contributed by atoms with Crippen LogP contribution in [0.15, 0.2) is 16.9 Å². The van der Waals surface area contributed by atoms with Crippen LogP contribution in [0.25, 0.3) is 0 Å². The smallest absolute Gasteiger partial charge is 0.276 e. The Balaban J connectivity index is 1.76. The molecule has 1 fully saturated rings.